The Morgan fingerprint density at radius 1 is 1.03 bits per heavy atom. The molecule has 0 saturated carbocycles. The van der Waals surface area contributed by atoms with Gasteiger partial charge in [-0.3, -0.25) is 14.5 Å². The molecule has 1 fully saturated rings. The summed E-state index contributed by atoms with van der Waals surface area (Å²) in [6, 6.07) is 12.1. The van der Waals surface area contributed by atoms with Crippen LogP contribution >= 0.6 is 0 Å². The molecule has 1 aromatic carbocycles. The Morgan fingerprint density at radius 3 is 2.39 bits per heavy atom. The molecule has 8 nitrogen and oxygen atoms in total. The van der Waals surface area contributed by atoms with E-state index in [2.05, 4.69) is 10.3 Å². The Morgan fingerprint density at radius 2 is 1.71 bits per heavy atom. The Hall–Kier alpha value is -3.63. The number of carbonyl (C=O) groups excluding carboxylic acids is 3. The minimum atomic E-state index is -5.06. The first-order valence-electron chi connectivity index (χ1n) is 9.37. The largest absolute Gasteiger partial charge is 0.471 e. The van der Waals surface area contributed by atoms with Crippen LogP contribution in [-0.4, -0.2) is 46.6 Å². The summed E-state index contributed by atoms with van der Waals surface area (Å²) in [7, 11) is 0. The van der Waals surface area contributed by atoms with E-state index in [-0.39, 0.29) is 18.2 Å². The van der Waals surface area contributed by atoms with Crippen molar-refractivity contribution in [2.75, 3.05) is 17.2 Å². The van der Waals surface area contributed by atoms with Crippen molar-refractivity contribution in [3.8, 4) is 0 Å². The number of hydrogen-bond acceptors (Lipinski definition) is 5. The molecule has 0 radical (unpaired) electrons. The van der Waals surface area contributed by atoms with E-state index < -0.39 is 30.1 Å². The molecule has 0 aliphatic carbocycles. The van der Waals surface area contributed by atoms with Crippen molar-refractivity contribution < 1.29 is 32.3 Å². The SMILES string of the molecule is O=C(Nc1cccc(NC(=O)C(F)(F)F)n1)[C@@H]1CCCN1C(=O)OCc1ccccc1. The maximum Gasteiger partial charge on any atom is 0.471 e. The van der Waals surface area contributed by atoms with Crippen LogP contribution in [0.4, 0.5) is 29.6 Å². The number of halogens is 3. The van der Waals surface area contributed by atoms with Crippen LogP contribution in [0.2, 0.25) is 0 Å². The predicted molar refractivity (Wildman–Crippen MR) is 104 cm³/mol. The molecule has 2 N–H and O–H groups in total. The van der Waals surface area contributed by atoms with Gasteiger partial charge in [0.05, 0.1) is 0 Å². The Balaban J connectivity index is 1.59. The summed E-state index contributed by atoms with van der Waals surface area (Å²) in [5.74, 6) is -3.16. The van der Waals surface area contributed by atoms with Gasteiger partial charge in [0.15, 0.2) is 0 Å². The molecule has 31 heavy (non-hydrogen) atoms. The maximum atomic E-state index is 12.6. The fourth-order valence-electron chi connectivity index (χ4n) is 3.03. The van der Waals surface area contributed by atoms with E-state index in [1.165, 1.54) is 17.0 Å². The normalized spacial score (nSPS) is 16.0. The third-order valence-electron chi connectivity index (χ3n) is 4.49. The molecule has 0 spiro atoms. The lowest BCUT2D eigenvalue weighted by molar-refractivity contribution is -0.167. The van der Waals surface area contributed by atoms with Crippen LogP contribution in [0.3, 0.4) is 0 Å². The fraction of sp³-hybridized carbons (Fsp3) is 0.300. The predicted octanol–water partition coefficient (Wildman–Crippen LogP) is 3.32. The Labute approximate surface area is 175 Å². The van der Waals surface area contributed by atoms with Gasteiger partial charge in [0, 0.05) is 6.54 Å². The van der Waals surface area contributed by atoms with E-state index in [1.807, 2.05) is 18.2 Å². The number of alkyl halides is 3. The second kappa shape index (κ2) is 9.45. The van der Waals surface area contributed by atoms with E-state index in [0.29, 0.717) is 19.4 Å². The maximum absolute atomic E-state index is 12.6. The molecule has 3 amide bonds. The molecule has 1 aliphatic rings. The number of rotatable bonds is 5. The zero-order valence-electron chi connectivity index (χ0n) is 16.2. The van der Waals surface area contributed by atoms with Gasteiger partial charge in [-0.25, -0.2) is 9.78 Å². The number of carbonyl (C=O) groups is 3. The van der Waals surface area contributed by atoms with Gasteiger partial charge in [-0.1, -0.05) is 36.4 Å². The molecular formula is C20H19F3N4O4. The van der Waals surface area contributed by atoms with Crippen molar-refractivity contribution in [2.45, 2.75) is 31.7 Å². The molecule has 1 aliphatic heterocycles. The van der Waals surface area contributed by atoms with E-state index in [4.69, 9.17) is 4.74 Å². The molecule has 1 atom stereocenters. The highest BCUT2D eigenvalue weighted by atomic mass is 19.4. The highest BCUT2D eigenvalue weighted by Crippen LogP contribution is 2.22. The van der Waals surface area contributed by atoms with Crippen molar-refractivity contribution in [1.29, 1.82) is 0 Å². The van der Waals surface area contributed by atoms with Gasteiger partial charge in [0.1, 0.15) is 24.3 Å². The van der Waals surface area contributed by atoms with E-state index >= 15 is 0 Å². The molecule has 1 aromatic heterocycles. The lowest BCUT2D eigenvalue weighted by Gasteiger charge is -2.23. The molecular weight excluding hydrogens is 417 g/mol. The number of nitrogens with one attached hydrogen (secondary N) is 2. The minimum absolute atomic E-state index is 0.0607. The van der Waals surface area contributed by atoms with Gasteiger partial charge in [0.25, 0.3) is 0 Å². The zero-order valence-corrected chi connectivity index (χ0v) is 16.2. The molecule has 2 aromatic rings. The molecule has 0 unspecified atom stereocenters. The summed E-state index contributed by atoms with van der Waals surface area (Å²) in [6.07, 6.45) is -4.71. The number of hydrogen-bond donors (Lipinski definition) is 2. The third-order valence-corrected chi connectivity index (χ3v) is 4.49. The van der Waals surface area contributed by atoms with Crippen LogP contribution in [-0.2, 0) is 20.9 Å². The summed E-state index contributed by atoms with van der Waals surface area (Å²) in [6.45, 7) is 0.397. The monoisotopic (exact) mass is 436 g/mol. The molecule has 0 bridgehead atoms. The molecule has 164 valence electrons. The van der Waals surface area contributed by atoms with Crippen molar-refractivity contribution in [2.24, 2.45) is 0 Å². The van der Waals surface area contributed by atoms with Gasteiger partial charge < -0.3 is 15.4 Å². The highest BCUT2D eigenvalue weighted by Gasteiger charge is 2.39. The highest BCUT2D eigenvalue weighted by molar-refractivity contribution is 5.97. The summed E-state index contributed by atoms with van der Waals surface area (Å²) < 4.78 is 42.4. The summed E-state index contributed by atoms with van der Waals surface area (Å²) >= 11 is 0. The first-order valence-corrected chi connectivity index (χ1v) is 9.37. The summed E-state index contributed by atoms with van der Waals surface area (Å²) in [5.41, 5.74) is 0.804. The number of aromatic nitrogens is 1. The zero-order chi connectivity index (χ0) is 22.4. The van der Waals surface area contributed by atoms with Gasteiger partial charge in [-0.15, -0.1) is 0 Å². The van der Waals surface area contributed by atoms with Crippen LogP contribution in [0.5, 0.6) is 0 Å². The third kappa shape index (κ3) is 5.93. The van der Waals surface area contributed by atoms with Crippen molar-refractivity contribution in [3.05, 3.63) is 54.1 Å². The van der Waals surface area contributed by atoms with Crippen molar-refractivity contribution in [1.82, 2.24) is 9.88 Å². The molecule has 11 heteroatoms. The van der Waals surface area contributed by atoms with E-state index in [9.17, 15) is 27.6 Å². The fourth-order valence-corrected chi connectivity index (χ4v) is 3.03. The van der Waals surface area contributed by atoms with Gasteiger partial charge >= 0.3 is 18.2 Å². The average molecular weight is 436 g/mol. The standard InChI is InChI=1S/C20H19F3N4O4/c21-20(22,23)18(29)26-16-10-4-9-15(24-16)25-17(28)14-8-5-11-27(14)19(30)31-12-13-6-2-1-3-7-13/h1-4,6-7,9-10,14H,5,8,11-12H2,(H2,24,25,26,28,29)/t14-/m0/s1. The van der Waals surface area contributed by atoms with Crippen LogP contribution in [0.25, 0.3) is 0 Å². The van der Waals surface area contributed by atoms with Crippen LogP contribution in [0.1, 0.15) is 18.4 Å². The van der Waals surface area contributed by atoms with Gasteiger partial charge in [-0.05, 0) is 30.5 Å². The smallest absolute Gasteiger partial charge is 0.445 e. The lowest BCUT2D eigenvalue weighted by atomic mass is 10.2. The first kappa shape index (κ1) is 22.1. The molecule has 3 rings (SSSR count). The quantitative estimate of drug-likeness (QED) is 0.749. The number of benzene rings is 1. The van der Waals surface area contributed by atoms with E-state index in [1.54, 1.807) is 17.4 Å². The van der Waals surface area contributed by atoms with Crippen molar-refractivity contribution >= 4 is 29.5 Å². The number of likely N-dealkylation sites (tertiary alicyclic amines) is 1. The second-order valence-electron chi connectivity index (χ2n) is 6.74. The Bertz CT molecular complexity index is 953. The van der Waals surface area contributed by atoms with Crippen LogP contribution in [0.15, 0.2) is 48.5 Å². The average Bonchev–Trinajstić information content (AvgIpc) is 3.22. The van der Waals surface area contributed by atoms with Crippen LogP contribution < -0.4 is 10.6 Å². The van der Waals surface area contributed by atoms with Gasteiger partial charge in [-0.2, -0.15) is 13.2 Å². The first-order chi connectivity index (χ1) is 14.7. The van der Waals surface area contributed by atoms with Crippen molar-refractivity contribution in [3.63, 3.8) is 0 Å². The molecule has 1 saturated heterocycles. The number of pyridine rings is 1. The Kier molecular flexibility index (Phi) is 6.73. The van der Waals surface area contributed by atoms with E-state index in [0.717, 1.165) is 11.6 Å². The van der Waals surface area contributed by atoms with Crippen LogP contribution in [0, 0.1) is 0 Å². The number of ether oxygens (including phenoxy) is 1. The number of nitrogens with zero attached hydrogens (tertiary/aromatic N) is 2. The molecule has 2 heterocycles. The topological polar surface area (TPSA) is 101 Å². The summed E-state index contributed by atoms with van der Waals surface area (Å²) in [5, 5.41) is 4.08. The lowest BCUT2D eigenvalue weighted by Crippen LogP contribution is -2.43. The number of amides is 3. The van der Waals surface area contributed by atoms with Gasteiger partial charge in [0.2, 0.25) is 5.91 Å². The minimum Gasteiger partial charge on any atom is -0.445 e. The second-order valence-corrected chi connectivity index (χ2v) is 6.74. The number of anilines is 2. The summed E-state index contributed by atoms with van der Waals surface area (Å²) in [4.78, 5) is 41.2.